The van der Waals surface area contributed by atoms with Crippen LogP contribution in [0.3, 0.4) is 0 Å². The summed E-state index contributed by atoms with van der Waals surface area (Å²) in [6, 6.07) is 70.8. The normalized spacial score (nSPS) is 22.5. The van der Waals surface area contributed by atoms with Gasteiger partial charge in [-0.2, -0.15) is 14.2 Å². The van der Waals surface area contributed by atoms with Gasteiger partial charge in [-0.25, -0.2) is 19.9 Å². The number of aromatic nitrogens is 4. The van der Waals surface area contributed by atoms with Crippen LogP contribution in [0.5, 0.6) is 0 Å². The van der Waals surface area contributed by atoms with E-state index in [2.05, 4.69) is 38.3 Å². The van der Waals surface area contributed by atoms with Crippen LogP contribution >= 0.6 is 15.2 Å². The van der Waals surface area contributed by atoms with E-state index >= 15 is 4.57 Å². The lowest BCUT2D eigenvalue weighted by Crippen LogP contribution is -2.37. The lowest BCUT2D eigenvalue weighted by atomic mass is 10.0. The van der Waals surface area contributed by atoms with E-state index in [1.54, 1.807) is 0 Å². The Balaban J connectivity index is 1.02. The van der Waals surface area contributed by atoms with Gasteiger partial charge in [0.25, 0.3) is 13.4 Å². The topological polar surface area (TPSA) is 102 Å². The molecule has 2 fully saturated rings. The molecule has 4 aliphatic rings. The van der Waals surface area contributed by atoms with E-state index in [-0.39, 0.29) is 18.1 Å². The molecule has 0 radical (unpaired) electrons. The molecule has 12 heteroatoms. The summed E-state index contributed by atoms with van der Waals surface area (Å²) in [4.78, 5) is 35.7. The van der Waals surface area contributed by atoms with Gasteiger partial charge in [0, 0.05) is 27.9 Å². The number of benzene rings is 7. The van der Waals surface area contributed by atoms with Gasteiger partial charge in [-0.1, -0.05) is 206 Å². The van der Waals surface area contributed by atoms with Gasteiger partial charge in [0.05, 0.1) is 45.9 Å². The van der Waals surface area contributed by atoms with Crippen molar-refractivity contribution in [3.05, 3.63) is 267 Å². The van der Waals surface area contributed by atoms with Crippen LogP contribution in [0.2, 0.25) is 0 Å². The van der Waals surface area contributed by atoms with Crippen molar-refractivity contribution < 1.29 is 9.46 Å². The highest BCUT2D eigenvalue weighted by molar-refractivity contribution is 7.81. The number of anilines is 4. The Hall–Kier alpha value is -8.52. The first-order valence-corrected chi connectivity index (χ1v) is 28.0. The lowest BCUT2D eigenvalue weighted by Gasteiger charge is -2.34. The summed E-state index contributed by atoms with van der Waals surface area (Å²) in [5.41, 5.74) is 8.26. The van der Waals surface area contributed by atoms with E-state index in [0.717, 1.165) is 45.0 Å². The second-order valence-electron chi connectivity index (χ2n) is 18.5. The van der Waals surface area contributed by atoms with Crippen LogP contribution in [0.15, 0.2) is 267 Å². The minimum absolute atomic E-state index is 0.295. The van der Waals surface area contributed by atoms with E-state index in [1.807, 2.05) is 247 Å². The minimum Gasteiger partial charge on any atom is -0.294 e. The third-order valence-corrected chi connectivity index (χ3v) is 20.4. The van der Waals surface area contributed by atoms with E-state index in [4.69, 9.17) is 19.9 Å². The fourth-order valence-corrected chi connectivity index (χ4v) is 17.2. The van der Waals surface area contributed by atoms with E-state index in [1.165, 1.54) is 0 Å². The molecule has 9 aromatic rings. The van der Waals surface area contributed by atoms with Gasteiger partial charge in [-0.05, 0) is 60.7 Å². The molecule has 2 aliphatic heterocycles. The highest BCUT2D eigenvalue weighted by Gasteiger charge is 2.67. The number of allylic oxidation sites excluding steroid dienone is 4. The van der Waals surface area contributed by atoms with Crippen LogP contribution in [0.25, 0.3) is 45.0 Å². The maximum absolute atomic E-state index is 17.4. The molecule has 10 nitrogen and oxygen atoms in total. The summed E-state index contributed by atoms with van der Waals surface area (Å²) >= 11 is 0. The number of rotatable bonds is 10. The van der Waals surface area contributed by atoms with Crippen molar-refractivity contribution in [2.24, 2.45) is 0 Å². The summed E-state index contributed by atoms with van der Waals surface area (Å²) < 4.78 is 25.6. The molecule has 74 heavy (non-hydrogen) atoms. The first-order valence-electron chi connectivity index (χ1n) is 24.8. The molecule has 7 aromatic carbocycles. The van der Waals surface area contributed by atoms with Gasteiger partial charge in [0.1, 0.15) is 12.1 Å². The molecule has 6 atom stereocenters. The average Bonchev–Trinajstić information content (AvgIpc) is 3.97. The van der Waals surface area contributed by atoms with Crippen molar-refractivity contribution in [2.75, 3.05) is 18.7 Å². The Morgan fingerprint density at radius 3 is 1.16 bits per heavy atom. The molecular weight excluding hydrogens is 951 g/mol. The predicted octanol–water partition coefficient (Wildman–Crippen LogP) is 12.9. The van der Waals surface area contributed by atoms with Crippen molar-refractivity contribution in [2.45, 2.75) is 24.2 Å². The maximum Gasteiger partial charge on any atom is 0.370 e. The molecule has 4 heterocycles. The van der Waals surface area contributed by atoms with Crippen molar-refractivity contribution in [3.8, 4) is 45.0 Å². The van der Waals surface area contributed by atoms with Gasteiger partial charge < -0.3 is 0 Å². The number of nitrogens with zero attached hydrogens (tertiary/aromatic N) is 8. The van der Waals surface area contributed by atoms with Gasteiger partial charge in [-0.15, -0.1) is 0 Å². The molecule has 0 spiro atoms. The molecule has 0 bridgehead atoms. The van der Waals surface area contributed by atoms with E-state index in [9.17, 15) is 4.89 Å². The Morgan fingerprint density at radius 2 is 0.730 bits per heavy atom. The number of hydrogen-bond donors (Lipinski definition) is 1. The van der Waals surface area contributed by atoms with Crippen molar-refractivity contribution in [1.29, 1.82) is 0 Å². The highest BCUT2D eigenvalue weighted by Crippen LogP contribution is 2.70. The van der Waals surface area contributed by atoms with E-state index in [0.29, 0.717) is 33.9 Å². The first-order chi connectivity index (χ1) is 36.5. The Bertz CT molecular complexity index is 3550. The van der Waals surface area contributed by atoms with Crippen LogP contribution in [0.1, 0.15) is 0 Å². The molecule has 13 rings (SSSR count). The number of fused-ring (bicyclic) bond motifs is 2. The van der Waals surface area contributed by atoms with Crippen molar-refractivity contribution in [3.63, 3.8) is 0 Å². The Morgan fingerprint density at radius 1 is 0.378 bits per heavy atom. The summed E-state index contributed by atoms with van der Waals surface area (Å²) in [5.74, 6) is 0.748. The molecule has 2 saturated heterocycles. The quantitative estimate of drug-likeness (QED) is 0.133. The lowest BCUT2D eigenvalue weighted by molar-refractivity contribution is 0.580. The first kappa shape index (κ1) is 45.4. The molecule has 0 saturated carbocycles. The minimum atomic E-state index is -3.95. The average molecular weight is 1000 g/mol. The van der Waals surface area contributed by atoms with Crippen LogP contribution in [0, 0.1) is 0 Å². The van der Waals surface area contributed by atoms with Gasteiger partial charge in [0.15, 0.2) is 5.30 Å². The fourth-order valence-electron chi connectivity index (χ4n) is 10.8. The molecule has 0 amide bonds. The van der Waals surface area contributed by atoms with Crippen LogP contribution < -0.4 is 29.3 Å². The van der Waals surface area contributed by atoms with Crippen molar-refractivity contribution >= 4 is 49.1 Å². The third kappa shape index (κ3) is 7.69. The van der Waals surface area contributed by atoms with E-state index < -0.39 is 21.3 Å². The molecule has 2 aliphatic carbocycles. The smallest absolute Gasteiger partial charge is 0.294 e. The SMILES string of the molecule is O=P1(c2ccc([P+]3(O)N(c4ccccc4)C4C=CC=CC4N3c3nc(-c4ccccc4)cc(-c4ccccc4)n3)cc2)N(c2ccccc2)C2C=CC=CC2N1c1nc(-c2ccccc2)cc(-c2ccccc2)n1. The molecule has 2 aromatic heterocycles. The van der Waals surface area contributed by atoms with Crippen LogP contribution in [-0.2, 0) is 4.57 Å². The number of hydrogen-bond acceptors (Lipinski definition) is 8. The second kappa shape index (κ2) is 18.8. The van der Waals surface area contributed by atoms with Crippen LogP contribution in [-0.4, -0.2) is 49.0 Å². The molecule has 6 unspecified atom stereocenters. The zero-order valence-electron chi connectivity index (χ0n) is 40.0. The Kier molecular flexibility index (Phi) is 11.5. The van der Waals surface area contributed by atoms with Crippen LogP contribution in [0.4, 0.5) is 23.3 Å². The molecular formula is C62H49N8O2P2+. The predicted molar refractivity (Wildman–Crippen MR) is 303 cm³/mol. The largest absolute Gasteiger partial charge is 0.370 e. The maximum atomic E-state index is 17.4. The summed E-state index contributed by atoms with van der Waals surface area (Å²) in [6.07, 6.45) is 16.6. The highest BCUT2D eigenvalue weighted by atomic mass is 31.2. The third-order valence-electron chi connectivity index (χ3n) is 14.2. The zero-order chi connectivity index (χ0) is 49.6. The monoisotopic (exact) mass is 999 g/mol. The zero-order valence-corrected chi connectivity index (χ0v) is 41.8. The van der Waals surface area contributed by atoms with Gasteiger partial charge >= 0.3 is 7.79 Å². The summed E-state index contributed by atoms with van der Waals surface area (Å²) in [7, 11) is -7.66. The molecule has 1 N–H and O–H groups in total. The molecule has 358 valence electrons. The van der Waals surface area contributed by atoms with Gasteiger partial charge in [-0.3, -0.25) is 13.9 Å². The van der Waals surface area contributed by atoms with Gasteiger partial charge in [0.2, 0.25) is 5.95 Å². The Labute approximate surface area is 431 Å². The van der Waals surface area contributed by atoms with Crippen molar-refractivity contribution in [1.82, 2.24) is 19.9 Å². The summed E-state index contributed by atoms with van der Waals surface area (Å²) in [5, 5.41) is 1.21. The number of para-hydroxylation sites is 2. The second-order valence-corrected chi connectivity index (χ2v) is 23.5. The summed E-state index contributed by atoms with van der Waals surface area (Å²) in [6.45, 7) is 0. The standard InChI is InChI=1S/C62H49N8O2P2/c71-73(67(49-31-15-5-16-32-49)57-35-19-21-37-59(57)69(73)61-63-53(45-23-7-1-8-24-45)43-54(64-61)46-25-9-2-10-26-46)51-39-41-52(42-40-51)74(72)68(50-33-17-6-18-34-50)58-36-20-22-38-60(58)70(74)62-65-55(47-27-11-3-12-28-47)44-56(66-62)48-29-13-4-14-30-48/h1-44,57-60,71H/q+1. The fraction of sp³-hybridized carbons (Fsp3) is 0.0645.